The van der Waals surface area contributed by atoms with Gasteiger partial charge in [0, 0.05) is 4.47 Å². The van der Waals surface area contributed by atoms with Crippen molar-refractivity contribution in [3.05, 3.63) is 64.1 Å². The molecular weight excluding hydrogens is 366 g/mol. The second-order valence-corrected chi connectivity index (χ2v) is 7.02. The molecule has 0 heterocycles. The summed E-state index contributed by atoms with van der Waals surface area (Å²) in [5.41, 5.74) is -0.840. The standard InChI is InChI=1S/C14H9BrF2O3S/c15-9-4-1-2-7-13(9)21(19,20)8-12(18)14-10(16)5-3-6-11(14)17/h1-7H,8H2. The molecule has 2 rings (SSSR count). The summed E-state index contributed by atoms with van der Waals surface area (Å²) in [4.78, 5) is 11.8. The lowest BCUT2D eigenvalue weighted by atomic mass is 10.1. The molecule has 0 fully saturated rings. The van der Waals surface area contributed by atoms with Gasteiger partial charge in [0.15, 0.2) is 15.6 Å². The number of ketones is 1. The van der Waals surface area contributed by atoms with Crippen LogP contribution in [0.15, 0.2) is 51.8 Å². The molecule has 0 atom stereocenters. The van der Waals surface area contributed by atoms with Gasteiger partial charge in [0.2, 0.25) is 0 Å². The molecule has 0 amide bonds. The molecule has 2 aromatic rings. The van der Waals surface area contributed by atoms with Gasteiger partial charge in [0.05, 0.1) is 10.5 Å². The van der Waals surface area contributed by atoms with Crippen molar-refractivity contribution in [2.24, 2.45) is 0 Å². The van der Waals surface area contributed by atoms with Crippen molar-refractivity contribution in [2.45, 2.75) is 4.90 Å². The van der Waals surface area contributed by atoms with Gasteiger partial charge in [-0.1, -0.05) is 18.2 Å². The average Bonchev–Trinajstić information content (AvgIpc) is 2.38. The molecule has 7 heteroatoms. The Hall–Kier alpha value is -1.60. The lowest BCUT2D eigenvalue weighted by molar-refractivity contribution is 0.101. The number of carbonyl (C=O) groups is 1. The minimum Gasteiger partial charge on any atom is -0.293 e. The number of rotatable bonds is 4. The topological polar surface area (TPSA) is 51.2 Å². The van der Waals surface area contributed by atoms with Crippen LogP contribution in [-0.4, -0.2) is 20.0 Å². The van der Waals surface area contributed by atoms with E-state index in [-0.39, 0.29) is 9.37 Å². The van der Waals surface area contributed by atoms with Crippen LogP contribution in [0.2, 0.25) is 0 Å². The normalized spacial score (nSPS) is 11.4. The van der Waals surface area contributed by atoms with Gasteiger partial charge in [0.25, 0.3) is 0 Å². The van der Waals surface area contributed by atoms with Crippen LogP contribution in [0.25, 0.3) is 0 Å². The van der Waals surface area contributed by atoms with Crippen molar-refractivity contribution in [1.82, 2.24) is 0 Å². The van der Waals surface area contributed by atoms with E-state index < -0.39 is 38.6 Å². The first-order valence-corrected chi connectivity index (χ1v) is 8.22. The number of halogens is 3. The summed E-state index contributed by atoms with van der Waals surface area (Å²) in [6.45, 7) is 0. The second-order valence-electron chi connectivity index (χ2n) is 4.21. The first kappa shape index (κ1) is 15.8. The van der Waals surface area contributed by atoms with Gasteiger partial charge in [-0.05, 0) is 40.2 Å². The summed E-state index contributed by atoms with van der Waals surface area (Å²) in [7, 11) is -4.00. The van der Waals surface area contributed by atoms with E-state index in [0.717, 1.165) is 18.2 Å². The summed E-state index contributed by atoms with van der Waals surface area (Å²) in [6.07, 6.45) is 0. The maximum atomic E-state index is 13.5. The Labute approximate surface area is 128 Å². The predicted octanol–water partition coefficient (Wildman–Crippen LogP) is 3.38. The van der Waals surface area contributed by atoms with Crippen LogP contribution in [-0.2, 0) is 9.84 Å². The van der Waals surface area contributed by atoms with Gasteiger partial charge in [-0.25, -0.2) is 17.2 Å². The molecule has 3 nitrogen and oxygen atoms in total. The van der Waals surface area contributed by atoms with E-state index in [2.05, 4.69) is 15.9 Å². The largest absolute Gasteiger partial charge is 0.293 e. The van der Waals surface area contributed by atoms with Crippen LogP contribution in [0.4, 0.5) is 8.78 Å². The zero-order valence-corrected chi connectivity index (χ0v) is 12.9. The summed E-state index contributed by atoms with van der Waals surface area (Å²) in [5, 5.41) is 0. The van der Waals surface area contributed by atoms with E-state index in [1.54, 1.807) is 6.07 Å². The first-order valence-electron chi connectivity index (χ1n) is 5.77. The smallest absolute Gasteiger partial charge is 0.186 e. The molecule has 0 aliphatic rings. The Morgan fingerprint density at radius 3 is 2.14 bits per heavy atom. The highest BCUT2D eigenvalue weighted by molar-refractivity contribution is 9.10. The fourth-order valence-electron chi connectivity index (χ4n) is 1.78. The first-order chi connectivity index (χ1) is 9.83. The predicted molar refractivity (Wildman–Crippen MR) is 76.9 cm³/mol. The van der Waals surface area contributed by atoms with Gasteiger partial charge in [-0.3, -0.25) is 4.79 Å². The highest BCUT2D eigenvalue weighted by Crippen LogP contribution is 2.23. The summed E-state index contributed by atoms with van der Waals surface area (Å²) in [6, 6.07) is 8.82. The van der Waals surface area contributed by atoms with Gasteiger partial charge in [-0.2, -0.15) is 0 Å². The molecule has 0 aliphatic heterocycles. The number of hydrogen-bond donors (Lipinski definition) is 0. The molecule has 0 spiro atoms. The lowest BCUT2D eigenvalue weighted by Crippen LogP contribution is -2.19. The number of carbonyl (C=O) groups excluding carboxylic acids is 1. The second kappa shape index (κ2) is 6.03. The maximum absolute atomic E-state index is 13.5. The van der Waals surface area contributed by atoms with E-state index in [0.29, 0.717) is 0 Å². The molecule has 0 unspecified atom stereocenters. The minimum atomic E-state index is -4.00. The summed E-state index contributed by atoms with van der Waals surface area (Å²) >= 11 is 3.07. The molecule has 0 radical (unpaired) electrons. The van der Waals surface area contributed by atoms with Crippen molar-refractivity contribution < 1.29 is 22.0 Å². The van der Waals surface area contributed by atoms with Crippen molar-refractivity contribution >= 4 is 31.6 Å². The Balaban J connectivity index is 2.38. The van der Waals surface area contributed by atoms with E-state index >= 15 is 0 Å². The molecule has 0 N–H and O–H groups in total. The lowest BCUT2D eigenvalue weighted by Gasteiger charge is -2.07. The van der Waals surface area contributed by atoms with Gasteiger partial charge in [0.1, 0.15) is 17.4 Å². The maximum Gasteiger partial charge on any atom is 0.186 e. The Morgan fingerprint density at radius 1 is 1.00 bits per heavy atom. The SMILES string of the molecule is O=C(CS(=O)(=O)c1ccccc1Br)c1c(F)cccc1F. The van der Waals surface area contributed by atoms with E-state index in [9.17, 15) is 22.0 Å². The van der Waals surface area contributed by atoms with Crippen LogP contribution >= 0.6 is 15.9 Å². The zero-order valence-electron chi connectivity index (χ0n) is 10.5. The molecule has 110 valence electrons. The van der Waals surface area contributed by atoms with Crippen molar-refractivity contribution in [3.63, 3.8) is 0 Å². The van der Waals surface area contributed by atoms with Gasteiger partial charge >= 0.3 is 0 Å². The summed E-state index contributed by atoms with van der Waals surface area (Å²) < 4.78 is 51.6. The summed E-state index contributed by atoms with van der Waals surface area (Å²) in [5.74, 6) is -4.29. The third kappa shape index (κ3) is 3.36. The Kier molecular flexibility index (Phi) is 4.53. The molecular formula is C14H9BrF2O3S. The average molecular weight is 375 g/mol. The fraction of sp³-hybridized carbons (Fsp3) is 0.0714. The van der Waals surface area contributed by atoms with Crippen LogP contribution in [0.3, 0.4) is 0 Å². The highest BCUT2D eigenvalue weighted by Gasteiger charge is 2.26. The molecule has 0 aromatic heterocycles. The van der Waals surface area contributed by atoms with Crippen LogP contribution in [0.5, 0.6) is 0 Å². The number of Topliss-reactive ketones (excluding diaryl/α,β-unsaturated/α-hetero) is 1. The van der Waals surface area contributed by atoms with E-state index in [1.165, 1.54) is 18.2 Å². The number of benzene rings is 2. The Bertz CT molecular complexity index is 783. The van der Waals surface area contributed by atoms with Crippen LogP contribution in [0.1, 0.15) is 10.4 Å². The number of sulfone groups is 1. The van der Waals surface area contributed by atoms with Crippen molar-refractivity contribution in [3.8, 4) is 0 Å². The van der Waals surface area contributed by atoms with Gasteiger partial charge < -0.3 is 0 Å². The van der Waals surface area contributed by atoms with Crippen LogP contribution < -0.4 is 0 Å². The molecule has 0 bridgehead atoms. The van der Waals surface area contributed by atoms with Crippen molar-refractivity contribution in [2.75, 3.05) is 5.75 Å². The minimum absolute atomic E-state index is 0.102. The molecule has 0 saturated carbocycles. The van der Waals surface area contributed by atoms with E-state index in [4.69, 9.17) is 0 Å². The monoisotopic (exact) mass is 374 g/mol. The third-order valence-corrected chi connectivity index (χ3v) is 5.36. The van der Waals surface area contributed by atoms with E-state index in [1.807, 2.05) is 0 Å². The van der Waals surface area contributed by atoms with Crippen molar-refractivity contribution in [1.29, 1.82) is 0 Å². The molecule has 21 heavy (non-hydrogen) atoms. The number of hydrogen-bond acceptors (Lipinski definition) is 3. The van der Waals surface area contributed by atoms with Crippen LogP contribution in [0, 0.1) is 11.6 Å². The highest BCUT2D eigenvalue weighted by atomic mass is 79.9. The molecule has 0 saturated heterocycles. The fourth-order valence-corrected chi connectivity index (χ4v) is 4.10. The third-order valence-electron chi connectivity index (χ3n) is 2.73. The quantitative estimate of drug-likeness (QED) is 0.770. The molecule has 0 aliphatic carbocycles. The molecule has 2 aromatic carbocycles. The Morgan fingerprint density at radius 2 is 1.57 bits per heavy atom. The zero-order chi connectivity index (χ0) is 15.6. The van der Waals surface area contributed by atoms with Gasteiger partial charge in [-0.15, -0.1) is 0 Å².